The number of nitrogens with one attached hydrogen (secondary N) is 3. The van der Waals surface area contributed by atoms with Crippen LogP contribution in [0.2, 0.25) is 0 Å². The van der Waals surface area contributed by atoms with Crippen LogP contribution in [0.1, 0.15) is 93.4 Å². The Kier molecular flexibility index (Phi) is 13.5. The Morgan fingerprint density at radius 2 is 1.21 bits per heavy atom. The van der Waals surface area contributed by atoms with Gasteiger partial charge in [-0.2, -0.15) is 0 Å². The van der Waals surface area contributed by atoms with Gasteiger partial charge in [-0.1, -0.05) is 26.2 Å². The summed E-state index contributed by atoms with van der Waals surface area (Å²) in [5, 5.41) is 17.1. The van der Waals surface area contributed by atoms with Crippen molar-refractivity contribution in [2.45, 2.75) is 117 Å². The second-order valence-corrected chi connectivity index (χ2v) is 10.0. The lowest BCUT2D eigenvalue weighted by Crippen LogP contribution is -2.48. The number of unbranched alkanes of at least 4 members (excludes halogenated alkanes) is 3. The van der Waals surface area contributed by atoms with E-state index in [0.29, 0.717) is 25.8 Å². The van der Waals surface area contributed by atoms with Gasteiger partial charge in [-0.15, -0.1) is 0 Å². The maximum Gasteiger partial charge on any atom is 0.408 e. The molecule has 10 nitrogen and oxygen atoms in total. The SMILES string of the molecule is CCCCC[C@H](NC(=O)OC(C)(C)C)C(=O)NCCCC[C@H](NC(=O)OC(C)(C)C)C(=O)O. The van der Waals surface area contributed by atoms with Crippen LogP contribution >= 0.6 is 0 Å². The van der Waals surface area contributed by atoms with Crippen molar-refractivity contribution >= 4 is 24.1 Å². The second kappa shape index (κ2) is 14.6. The van der Waals surface area contributed by atoms with Crippen LogP contribution < -0.4 is 16.0 Å². The van der Waals surface area contributed by atoms with Gasteiger partial charge >= 0.3 is 18.2 Å². The smallest absolute Gasteiger partial charge is 0.408 e. The minimum atomic E-state index is -1.15. The minimum absolute atomic E-state index is 0.195. The zero-order chi connectivity index (χ0) is 25.7. The van der Waals surface area contributed by atoms with Crippen LogP contribution in [0.3, 0.4) is 0 Å². The number of ether oxygens (including phenoxy) is 2. The first kappa shape index (κ1) is 30.5. The molecule has 0 saturated heterocycles. The molecule has 0 radical (unpaired) electrons. The molecule has 0 aliphatic heterocycles. The van der Waals surface area contributed by atoms with Gasteiger partial charge in [0.1, 0.15) is 23.3 Å². The van der Waals surface area contributed by atoms with Crippen molar-refractivity contribution in [3.63, 3.8) is 0 Å². The highest BCUT2D eigenvalue weighted by molar-refractivity contribution is 5.85. The molecule has 33 heavy (non-hydrogen) atoms. The summed E-state index contributed by atoms with van der Waals surface area (Å²) < 4.78 is 10.3. The van der Waals surface area contributed by atoms with E-state index in [1.54, 1.807) is 41.5 Å². The first-order valence-corrected chi connectivity index (χ1v) is 11.6. The number of carboxylic acid groups (broad SMARTS) is 1. The predicted molar refractivity (Wildman–Crippen MR) is 125 cm³/mol. The fraction of sp³-hybridized carbons (Fsp3) is 0.826. The van der Waals surface area contributed by atoms with E-state index in [1.807, 2.05) is 0 Å². The molecular weight excluding hydrogens is 430 g/mol. The van der Waals surface area contributed by atoms with Crippen molar-refractivity contribution in [2.75, 3.05) is 6.54 Å². The summed E-state index contributed by atoms with van der Waals surface area (Å²) in [5.74, 6) is -1.46. The number of carboxylic acids is 1. The fourth-order valence-corrected chi connectivity index (χ4v) is 2.83. The van der Waals surface area contributed by atoms with Gasteiger partial charge in [0.05, 0.1) is 0 Å². The molecule has 0 aromatic heterocycles. The Morgan fingerprint density at radius 1 is 0.758 bits per heavy atom. The van der Waals surface area contributed by atoms with Crippen LogP contribution in [0.15, 0.2) is 0 Å². The van der Waals surface area contributed by atoms with Crippen LogP contribution in [0.25, 0.3) is 0 Å². The number of carbonyl (C=O) groups excluding carboxylic acids is 3. The molecule has 0 aliphatic rings. The Hall–Kier alpha value is -2.52. The topological polar surface area (TPSA) is 143 Å². The summed E-state index contributed by atoms with van der Waals surface area (Å²) in [6.07, 6.45) is 2.97. The minimum Gasteiger partial charge on any atom is -0.480 e. The van der Waals surface area contributed by atoms with E-state index in [2.05, 4.69) is 22.9 Å². The van der Waals surface area contributed by atoms with Gasteiger partial charge in [-0.05, 0) is 67.2 Å². The van der Waals surface area contributed by atoms with E-state index in [-0.39, 0.29) is 12.3 Å². The van der Waals surface area contributed by atoms with Crippen molar-refractivity contribution in [3.05, 3.63) is 0 Å². The lowest BCUT2D eigenvalue weighted by Gasteiger charge is -2.23. The van der Waals surface area contributed by atoms with E-state index in [4.69, 9.17) is 9.47 Å². The highest BCUT2D eigenvalue weighted by Gasteiger charge is 2.25. The Morgan fingerprint density at radius 3 is 1.67 bits per heavy atom. The average molecular weight is 474 g/mol. The molecule has 2 atom stereocenters. The van der Waals surface area contributed by atoms with Gasteiger partial charge in [0.25, 0.3) is 0 Å². The summed E-state index contributed by atoms with van der Waals surface area (Å²) in [7, 11) is 0. The van der Waals surface area contributed by atoms with Crippen LogP contribution in [0.4, 0.5) is 9.59 Å². The Balaban J connectivity index is 4.57. The molecule has 0 unspecified atom stereocenters. The first-order valence-electron chi connectivity index (χ1n) is 11.6. The van der Waals surface area contributed by atoms with Crippen molar-refractivity contribution in [1.29, 1.82) is 0 Å². The van der Waals surface area contributed by atoms with Crippen LogP contribution in [-0.2, 0) is 19.1 Å². The molecule has 3 amide bonds. The second-order valence-electron chi connectivity index (χ2n) is 10.0. The van der Waals surface area contributed by atoms with Crippen LogP contribution in [-0.4, -0.2) is 59.0 Å². The monoisotopic (exact) mass is 473 g/mol. The van der Waals surface area contributed by atoms with Crippen molar-refractivity contribution in [3.8, 4) is 0 Å². The van der Waals surface area contributed by atoms with Gasteiger partial charge in [-0.25, -0.2) is 14.4 Å². The van der Waals surface area contributed by atoms with Crippen LogP contribution in [0, 0.1) is 0 Å². The van der Waals surface area contributed by atoms with Crippen molar-refractivity contribution in [2.24, 2.45) is 0 Å². The third-order valence-corrected chi connectivity index (χ3v) is 4.31. The van der Waals surface area contributed by atoms with E-state index >= 15 is 0 Å². The standard InChI is InChI=1S/C23H43N3O7/c1-8-9-10-13-16(25-20(30)32-22(2,3)4)18(27)24-15-12-11-14-17(19(28)29)26-21(31)33-23(5,6)7/h16-17H,8-15H2,1-7H3,(H,24,27)(H,25,30)(H,26,31)(H,28,29)/t16-,17-/m0/s1. The maximum absolute atomic E-state index is 12.6. The molecule has 0 fully saturated rings. The van der Waals surface area contributed by atoms with Crippen molar-refractivity contribution < 1.29 is 33.8 Å². The van der Waals surface area contributed by atoms with Crippen LogP contribution in [0.5, 0.6) is 0 Å². The predicted octanol–water partition coefficient (Wildman–Crippen LogP) is 3.72. The van der Waals surface area contributed by atoms with E-state index in [0.717, 1.165) is 19.3 Å². The Bertz CT molecular complexity index is 639. The summed E-state index contributed by atoms with van der Waals surface area (Å²) >= 11 is 0. The number of aliphatic carboxylic acids is 1. The van der Waals surface area contributed by atoms with E-state index in [1.165, 1.54) is 0 Å². The molecule has 0 spiro atoms. The number of hydrogen-bond donors (Lipinski definition) is 4. The van der Waals surface area contributed by atoms with E-state index in [9.17, 15) is 24.3 Å². The zero-order valence-corrected chi connectivity index (χ0v) is 21.2. The largest absolute Gasteiger partial charge is 0.480 e. The molecule has 0 bridgehead atoms. The fourth-order valence-electron chi connectivity index (χ4n) is 2.83. The Labute approximate surface area is 197 Å². The third kappa shape index (κ3) is 16.7. The maximum atomic E-state index is 12.6. The normalized spacial score (nSPS) is 13.4. The van der Waals surface area contributed by atoms with Gasteiger partial charge in [0.15, 0.2) is 0 Å². The number of rotatable bonds is 13. The highest BCUT2D eigenvalue weighted by atomic mass is 16.6. The molecule has 4 N–H and O–H groups in total. The van der Waals surface area contributed by atoms with Crippen molar-refractivity contribution in [1.82, 2.24) is 16.0 Å². The number of amides is 3. The molecule has 0 aromatic carbocycles. The lowest BCUT2D eigenvalue weighted by atomic mass is 10.1. The lowest BCUT2D eigenvalue weighted by molar-refractivity contribution is -0.139. The molecule has 0 rings (SSSR count). The first-order chi connectivity index (χ1) is 15.1. The third-order valence-electron chi connectivity index (χ3n) is 4.31. The highest BCUT2D eigenvalue weighted by Crippen LogP contribution is 2.10. The molecule has 0 heterocycles. The molecule has 0 aromatic rings. The number of carbonyl (C=O) groups is 4. The zero-order valence-electron chi connectivity index (χ0n) is 21.2. The number of hydrogen-bond acceptors (Lipinski definition) is 6. The van der Waals surface area contributed by atoms with Gasteiger partial charge < -0.3 is 30.5 Å². The summed E-state index contributed by atoms with van der Waals surface area (Å²) in [4.78, 5) is 47.9. The summed E-state index contributed by atoms with van der Waals surface area (Å²) in [6.45, 7) is 12.7. The van der Waals surface area contributed by atoms with E-state index < -0.39 is 41.4 Å². The molecule has 10 heteroatoms. The molecular formula is C23H43N3O7. The molecule has 0 saturated carbocycles. The van der Waals surface area contributed by atoms with Gasteiger partial charge in [-0.3, -0.25) is 4.79 Å². The average Bonchev–Trinajstić information content (AvgIpc) is 2.62. The molecule has 0 aliphatic carbocycles. The van der Waals surface area contributed by atoms with Gasteiger partial charge in [0.2, 0.25) is 5.91 Å². The molecule has 192 valence electrons. The summed E-state index contributed by atoms with van der Waals surface area (Å²) in [6, 6.07) is -1.78. The quantitative estimate of drug-likeness (QED) is 0.298. The van der Waals surface area contributed by atoms with Gasteiger partial charge in [0, 0.05) is 6.54 Å². The summed E-state index contributed by atoms with van der Waals surface area (Å²) in [5.41, 5.74) is -1.39. The number of alkyl carbamates (subject to hydrolysis) is 2.